The predicted molar refractivity (Wildman–Crippen MR) is 91.8 cm³/mol. The van der Waals surface area contributed by atoms with E-state index in [-0.39, 0.29) is 17.9 Å². The third-order valence-corrected chi connectivity index (χ3v) is 5.71. The Morgan fingerprint density at radius 2 is 1.92 bits per heavy atom. The maximum Gasteiger partial charge on any atom is 0.323 e. The number of rotatable bonds is 4. The Morgan fingerprint density at radius 1 is 1.21 bits per heavy atom. The molecule has 3 rings (SSSR count). The van der Waals surface area contributed by atoms with Gasteiger partial charge in [-0.3, -0.25) is 14.5 Å². The normalized spacial score (nSPS) is 21.2. The summed E-state index contributed by atoms with van der Waals surface area (Å²) in [6.45, 7) is 3.16. The molecule has 2 heterocycles. The largest absolute Gasteiger partial charge is 0.480 e. The second-order valence-corrected chi connectivity index (χ2v) is 7.42. The van der Waals surface area contributed by atoms with Gasteiger partial charge in [0.05, 0.1) is 0 Å². The standard InChI is InChI=1S/C18H23ClN2O3/c19-15-4-2-1-3-14(15)11-20-9-7-18(8-10-20)6-5-16(22)21(13-18)12-17(23)24/h1-4H,5-13H2,(H,23,24). The molecule has 2 aliphatic rings. The number of piperidine rings is 2. The summed E-state index contributed by atoms with van der Waals surface area (Å²) in [4.78, 5) is 26.8. The quantitative estimate of drug-likeness (QED) is 0.906. The molecule has 1 spiro atoms. The van der Waals surface area contributed by atoms with Gasteiger partial charge in [0.25, 0.3) is 0 Å². The van der Waals surface area contributed by atoms with Gasteiger partial charge in [-0.15, -0.1) is 0 Å². The monoisotopic (exact) mass is 350 g/mol. The van der Waals surface area contributed by atoms with Gasteiger partial charge in [-0.25, -0.2) is 0 Å². The van der Waals surface area contributed by atoms with E-state index in [1.807, 2.05) is 18.2 Å². The Morgan fingerprint density at radius 3 is 2.58 bits per heavy atom. The summed E-state index contributed by atoms with van der Waals surface area (Å²) in [5, 5.41) is 9.79. The highest BCUT2D eigenvalue weighted by atomic mass is 35.5. The molecular weight excluding hydrogens is 328 g/mol. The van der Waals surface area contributed by atoms with Crippen LogP contribution in [-0.4, -0.2) is 53.0 Å². The van der Waals surface area contributed by atoms with Gasteiger partial charge in [0.1, 0.15) is 6.54 Å². The number of carbonyl (C=O) groups is 2. The number of nitrogens with zero attached hydrogens (tertiary/aromatic N) is 2. The van der Waals surface area contributed by atoms with Gasteiger partial charge in [-0.1, -0.05) is 29.8 Å². The number of amides is 1. The smallest absolute Gasteiger partial charge is 0.323 e. The van der Waals surface area contributed by atoms with Crippen LogP contribution in [0.2, 0.25) is 5.02 Å². The van der Waals surface area contributed by atoms with Crippen molar-refractivity contribution in [3.63, 3.8) is 0 Å². The molecule has 1 N–H and O–H groups in total. The molecule has 1 aromatic rings. The van der Waals surface area contributed by atoms with Gasteiger partial charge in [0.2, 0.25) is 5.91 Å². The number of hydrogen-bond donors (Lipinski definition) is 1. The number of carboxylic acids is 1. The van der Waals surface area contributed by atoms with E-state index in [0.29, 0.717) is 13.0 Å². The van der Waals surface area contributed by atoms with Crippen molar-refractivity contribution in [2.75, 3.05) is 26.2 Å². The van der Waals surface area contributed by atoms with E-state index >= 15 is 0 Å². The molecule has 2 saturated heterocycles. The highest BCUT2D eigenvalue weighted by Gasteiger charge is 2.41. The topological polar surface area (TPSA) is 60.9 Å². The van der Waals surface area contributed by atoms with Crippen molar-refractivity contribution in [3.8, 4) is 0 Å². The lowest BCUT2D eigenvalue weighted by Gasteiger charge is -2.47. The molecule has 5 nitrogen and oxygen atoms in total. The van der Waals surface area contributed by atoms with Crippen molar-refractivity contribution in [2.45, 2.75) is 32.2 Å². The number of aliphatic carboxylic acids is 1. The van der Waals surface area contributed by atoms with Crippen LogP contribution in [0.4, 0.5) is 0 Å². The number of carbonyl (C=O) groups excluding carboxylic acids is 1. The van der Waals surface area contributed by atoms with Crippen LogP contribution in [0, 0.1) is 5.41 Å². The van der Waals surface area contributed by atoms with Gasteiger partial charge < -0.3 is 10.0 Å². The number of likely N-dealkylation sites (tertiary alicyclic amines) is 2. The lowest BCUT2D eigenvalue weighted by Crippen LogP contribution is -2.52. The van der Waals surface area contributed by atoms with Gasteiger partial charge in [-0.2, -0.15) is 0 Å². The summed E-state index contributed by atoms with van der Waals surface area (Å²) in [6.07, 6.45) is 3.35. The Balaban J connectivity index is 1.59. The number of hydrogen-bond acceptors (Lipinski definition) is 3. The Kier molecular flexibility index (Phi) is 5.11. The van der Waals surface area contributed by atoms with Crippen LogP contribution in [0.5, 0.6) is 0 Å². The first-order chi connectivity index (χ1) is 11.5. The molecule has 1 aromatic carbocycles. The summed E-state index contributed by atoms with van der Waals surface area (Å²) in [7, 11) is 0. The lowest BCUT2D eigenvalue weighted by atomic mass is 9.72. The maximum absolute atomic E-state index is 11.9. The first-order valence-corrected chi connectivity index (χ1v) is 8.81. The first-order valence-electron chi connectivity index (χ1n) is 8.43. The molecule has 0 saturated carbocycles. The highest BCUT2D eigenvalue weighted by molar-refractivity contribution is 6.31. The fraction of sp³-hybridized carbons (Fsp3) is 0.556. The zero-order chi connectivity index (χ0) is 17.2. The minimum absolute atomic E-state index is 0.0264. The van der Waals surface area contributed by atoms with Crippen LogP contribution >= 0.6 is 11.6 Å². The summed E-state index contributed by atoms with van der Waals surface area (Å²) in [6, 6.07) is 7.91. The van der Waals surface area contributed by atoms with E-state index in [4.69, 9.17) is 16.7 Å². The molecular formula is C18H23ClN2O3. The molecule has 24 heavy (non-hydrogen) atoms. The molecule has 2 fully saturated rings. The Bertz CT molecular complexity index is 626. The van der Waals surface area contributed by atoms with Crippen molar-refractivity contribution in [2.24, 2.45) is 5.41 Å². The number of benzene rings is 1. The molecule has 0 radical (unpaired) electrons. The fourth-order valence-corrected chi connectivity index (χ4v) is 4.07. The zero-order valence-corrected chi connectivity index (χ0v) is 14.5. The Hall–Kier alpha value is -1.59. The van der Waals surface area contributed by atoms with E-state index in [1.165, 1.54) is 4.90 Å². The second-order valence-electron chi connectivity index (χ2n) is 7.01. The predicted octanol–water partition coefficient (Wildman–Crippen LogP) is 2.63. The van der Waals surface area contributed by atoms with Gasteiger partial charge in [-0.05, 0) is 49.4 Å². The van der Waals surface area contributed by atoms with Gasteiger partial charge >= 0.3 is 5.97 Å². The van der Waals surface area contributed by atoms with Crippen LogP contribution in [0.15, 0.2) is 24.3 Å². The van der Waals surface area contributed by atoms with Crippen LogP contribution < -0.4 is 0 Å². The summed E-state index contributed by atoms with van der Waals surface area (Å²) >= 11 is 6.24. The molecule has 130 valence electrons. The van der Waals surface area contributed by atoms with Crippen LogP contribution in [0.25, 0.3) is 0 Å². The zero-order valence-electron chi connectivity index (χ0n) is 13.7. The minimum Gasteiger partial charge on any atom is -0.480 e. The molecule has 0 bridgehead atoms. The van der Waals surface area contributed by atoms with E-state index in [1.54, 1.807) is 0 Å². The molecule has 6 heteroatoms. The third-order valence-electron chi connectivity index (χ3n) is 5.34. The molecule has 0 aromatic heterocycles. The average molecular weight is 351 g/mol. The second kappa shape index (κ2) is 7.11. The highest BCUT2D eigenvalue weighted by Crippen LogP contribution is 2.40. The SMILES string of the molecule is O=C(O)CN1CC2(CCC1=O)CCN(Cc1ccccc1Cl)CC2. The Labute approximate surface area is 147 Å². The van der Waals surface area contributed by atoms with Crippen molar-refractivity contribution in [1.29, 1.82) is 0 Å². The van der Waals surface area contributed by atoms with E-state index < -0.39 is 5.97 Å². The minimum atomic E-state index is -0.934. The maximum atomic E-state index is 11.9. The first kappa shape index (κ1) is 17.2. The van der Waals surface area contributed by atoms with Crippen LogP contribution in [-0.2, 0) is 16.1 Å². The van der Waals surface area contributed by atoms with Crippen molar-refractivity contribution in [1.82, 2.24) is 9.80 Å². The number of halogens is 1. The molecule has 2 aliphatic heterocycles. The van der Waals surface area contributed by atoms with Crippen molar-refractivity contribution < 1.29 is 14.7 Å². The molecule has 0 atom stereocenters. The summed E-state index contributed by atoms with van der Waals surface area (Å²) in [5.41, 5.74) is 1.22. The molecule has 1 amide bonds. The summed E-state index contributed by atoms with van der Waals surface area (Å²) < 4.78 is 0. The van der Waals surface area contributed by atoms with E-state index in [0.717, 1.165) is 49.5 Å². The van der Waals surface area contributed by atoms with Crippen molar-refractivity contribution in [3.05, 3.63) is 34.9 Å². The van der Waals surface area contributed by atoms with Gasteiger partial charge in [0.15, 0.2) is 0 Å². The number of carboxylic acid groups (broad SMARTS) is 1. The van der Waals surface area contributed by atoms with Crippen molar-refractivity contribution >= 4 is 23.5 Å². The van der Waals surface area contributed by atoms with Crippen LogP contribution in [0.3, 0.4) is 0 Å². The van der Waals surface area contributed by atoms with Gasteiger partial charge in [0, 0.05) is 24.5 Å². The lowest BCUT2D eigenvalue weighted by molar-refractivity contribution is -0.149. The third kappa shape index (κ3) is 3.90. The van der Waals surface area contributed by atoms with E-state index in [9.17, 15) is 9.59 Å². The average Bonchev–Trinajstić information content (AvgIpc) is 2.55. The fourth-order valence-electron chi connectivity index (χ4n) is 3.87. The molecule has 0 aliphatic carbocycles. The van der Waals surface area contributed by atoms with E-state index in [2.05, 4.69) is 11.0 Å². The summed E-state index contributed by atoms with van der Waals surface area (Å²) in [5.74, 6) is -0.960. The van der Waals surface area contributed by atoms with Crippen LogP contribution in [0.1, 0.15) is 31.2 Å². The molecule has 0 unspecified atom stereocenters.